The maximum Gasteiger partial charge on any atom is 0.433 e. The van der Waals surface area contributed by atoms with Gasteiger partial charge in [0.1, 0.15) is 17.8 Å². The van der Waals surface area contributed by atoms with Crippen LogP contribution in [0.2, 0.25) is 0 Å². The molecule has 0 unspecified atom stereocenters. The zero-order valence-corrected chi connectivity index (χ0v) is 15.4. The lowest BCUT2D eigenvalue weighted by atomic mass is 9.94. The molecule has 0 atom stereocenters. The SMILES string of the molecule is O=C(C1CCN(c2cc(C(F)(F)F)ncn2)CC1)N1CCc2sccc2C1. The number of alkyl halides is 3. The van der Waals surface area contributed by atoms with Crippen molar-refractivity contribution >= 4 is 23.1 Å². The molecule has 0 radical (unpaired) electrons. The van der Waals surface area contributed by atoms with E-state index >= 15 is 0 Å². The first-order valence-corrected chi connectivity index (χ1v) is 9.78. The highest BCUT2D eigenvalue weighted by Gasteiger charge is 2.34. The number of halogens is 3. The summed E-state index contributed by atoms with van der Waals surface area (Å²) in [6.07, 6.45) is -1.39. The second kappa shape index (κ2) is 7.10. The summed E-state index contributed by atoms with van der Waals surface area (Å²) in [4.78, 5) is 25.2. The van der Waals surface area contributed by atoms with Gasteiger partial charge in [-0.1, -0.05) is 0 Å². The predicted molar refractivity (Wildman–Crippen MR) is 95.4 cm³/mol. The van der Waals surface area contributed by atoms with Crippen LogP contribution in [-0.4, -0.2) is 40.4 Å². The summed E-state index contributed by atoms with van der Waals surface area (Å²) in [5, 5.41) is 2.06. The maximum atomic E-state index is 12.9. The molecule has 4 rings (SSSR count). The third kappa shape index (κ3) is 3.78. The molecule has 9 heteroatoms. The van der Waals surface area contributed by atoms with Crippen LogP contribution >= 0.6 is 11.3 Å². The summed E-state index contributed by atoms with van der Waals surface area (Å²) >= 11 is 1.74. The number of rotatable bonds is 2. The van der Waals surface area contributed by atoms with Gasteiger partial charge in [-0.2, -0.15) is 13.2 Å². The molecule has 2 aliphatic heterocycles. The fourth-order valence-corrected chi connectivity index (χ4v) is 4.61. The van der Waals surface area contributed by atoms with Gasteiger partial charge in [0.05, 0.1) is 0 Å². The van der Waals surface area contributed by atoms with Crippen LogP contribution in [-0.2, 0) is 23.9 Å². The highest BCUT2D eigenvalue weighted by Crippen LogP contribution is 2.31. The maximum absolute atomic E-state index is 12.9. The van der Waals surface area contributed by atoms with Crippen LogP contribution in [0.25, 0.3) is 0 Å². The van der Waals surface area contributed by atoms with Crippen molar-refractivity contribution in [3.05, 3.63) is 40.0 Å². The van der Waals surface area contributed by atoms with Crippen molar-refractivity contribution < 1.29 is 18.0 Å². The van der Waals surface area contributed by atoms with Crippen molar-refractivity contribution in [3.63, 3.8) is 0 Å². The molecule has 2 aromatic heterocycles. The largest absolute Gasteiger partial charge is 0.433 e. The Kier molecular flexibility index (Phi) is 4.79. The lowest BCUT2D eigenvalue weighted by molar-refractivity contribution is -0.141. The van der Waals surface area contributed by atoms with Crippen molar-refractivity contribution in [1.29, 1.82) is 0 Å². The van der Waals surface area contributed by atoms with Crippen molar-refractivity contribution in [2.45, 2.75) is 32.0 Å². The Bertz CT molecular complexity index is 830. The van der Waals surface area contributed by atoms with Crippen LogP contribution in [0.4, 0.5) is 19.0 Å². The average molecular weight is 396 g/mol. The first-order valence-electron chi connectivity index (χ1n) is 8.90. The van der Waals surface area contributed by atoms with Gasteiger partial charge in [0.25, 0.3) is 0 Å². The van der Waals surface area contributed by atoms with E-state index in [1.807, 2.05) is 4.90 Å². The number of nitrogens with zero attached hydrogens (tertiary/aromatic N) is 4. The van der Waals surface area contributed by atoms with E-state index in [0.29, 0.717) is 32.5 Å². The third-order valence-corrected chi connectivity index (χ3v) is 6.25. The molecule has 1 saturated heterocycles. The monoisotopic (exact) mass is 396 g/mol. The van der Waals surface area contributed by atoms with Gasteiger partial charge in [-0.05, 0) is 36.3 Å². The van der Waals surface area contributed by atoms with E-state index in [1.165, 1.54) is 10.4 Å². The molecule has 1 amide bonds. The Balaban J connectivity index is 1.37. The molecular formula is C18H19F3N4OS. The number of amides is 1. The minimum atomic E-state index is -4.49. The second-order valence-corrected chi connectivity index (χ2v) is 7.90. The average Bonchev–Trinajstić information content (AvgIpc) is 3.15. The van der Waals surface area contributed by atoms with Gasteiger partial charge in [-0.25, -0.2) is 9.97 Å². The van der Waals surface area contributed by atoms with Gasteiger partial charge in [-0.15, -0.1) is 11.3 Å². The van der Waals surface area contributed by atoms with E-state index in [-0.39, 0.29) is 17.6 Å². The van der Waals surface area contributed by atoms with Crippen molar-refractivity contribution in [1.82, 2.24) is 14.9 Å². The summed E-state index contributed by atoms with van der Waals surface area (Å²) in [5.74, 6) is 0.347. The molecule has 0 spiro atoms. The van der Waals surface area contributed by atoms with Crippen LogP contribution in [0.1, 0.15) is 29.0 Å². The molecule has 144 valence electrons. The predicted octanol–water partition coefficient (Wildman–Crippen LogP) is 3.36. The van der Waals surface area contributed by atoms with Crippen LogP contribution < -0.4 is 4.90 Å². The van der Waals surface area contributed by atoms with E-state index in [2.05, 4.69) is 21.4 Å². The van der Waals surface area contributed by atoms with Crippen LogP contribution in [0.5, 0.6) is 0 Å². The van der Waals surface area contributed by atoms with Gasteiger partial charge in [0, 0.05) is 43.0 Å². The summed E-state index contributed by atoms with van der Waals surface area (Å²) < 4.78 is 38.5. The van der Waals surface area contributed by atoms with Crippen LogP contribution in [0.15, 0.2) is 23.8 Å². The van der Waals surface area contributed by atoms with E-state index in [0.717, 1.165) is 25.4 Å². The smallest absolute Gasteiger partial charge is 0.356 e. The Morgan fingerprint density at radius 3 is 2.70 bits per heavy atom. The lowest BCUT2D eigenvalue weighted by Crippen LogP contribution is -2.44. The van der Waals surface area contributed by atoms with E-state index in [4.69, 9.17) is 0 Å². The minimum absolute atomic E-state index is 0.0784. The Morgan fingerprint density at radius 1 is 1.19 bits per heavy atom. The fraction of sp³-hybridized carbons (Fsp3) is 0.500. The van der Waals surface area contributed by atoms with Crippen molar-refractivity contribution in [2.24, 2.45) is 5.92 Å². The molecule has 0 aromatic carbocycles. The molecular weight excluding hydrogens is 377 g/mol. The molecule has 0 aliphatic carbocycles. The standard InChI is InChI=1S/C18H19F3N4OS/c19-18(20,21)15-9-16(23-11-22-15)24-5-1-12(2-6-24)17(26)25-7-3-14-13(10-25)4-8-27-14/h4,8-9,11-12H,1-3,5-7,10H2. The first kappa shape index (κ1) is 18.2. The summed E-state index contributed by atoms with van der Waals surface area (Å²) in [6.45, 7) is 2.44. The first-order chi connectivity index (χ1) is 12.9. The van der Waals surface area contributed by atoms with E-state index in [9.17, 15) is 18.0 Å². The zero-order valence-electron chi connectivity index (χ0n) is 14.6. The molecule has 27 heavy (non-hydrogen) atoms. The molecule has 4 heterocycles. The quantitative estimate of drug-likeness (QED) is 0.781. The minimum Gasteiger partial charge on any atom is -0.356 e. The number of fused-ring (bicyclic) bond motifs is 1. The lowest BCUT2D eigenvalue weighted by Gasteiger charge is -2.36. The normalized spacial score (nSPS) is 18.5. The highest BCUT2D eigenvalue weighted by atomic mass is 32.1. The molecule has 2 aliphatic rings. The molecule has 2 aromatic rings. The Labute approximate surface area is 158 Å². The van der Waals surface area contributed by atoms with Gasteiger partial charge in [0.15, 0.2) is 0 Å². The van der Waals surface area contributed by atoms with Crippen LogP contribution in [0, 0.1) is 5.92 Å². The van der Waals surface area contributed by atoms with E-state index in [1.54, 1.807) is 16.2 Å². The topological polar surface area (TPSA) is 49.3 Å². The number of hydrogen-bond acceptors (Lipinski definition) is 5. The fourth-order valence-electron chi connectivity index (χ4n) is 3.73. The Hall–Kier alpha value is -2.16. The van der Waals surface area contributed by atoms with Crippen LogP contribution in [0.3, 0.4) is 0 Å². The molecule has 0 N–H and O–H groups in total. The number of carbonyl (C=O) groups is 1. The molecule has 1 fully saturated rings. The zero-order chi connectivity index (χ0) is 19.0. The van der Waals surface area contributed by atoms with Gasteiger partial charge < -0.3 is 9.80 Å². The van der Waals surface area contributed by atoms with Gasteiger partial charge in [0.2, 0.25) is 5.91 Å². The number of anilines is 1. The molecule has 0 bridgehead atoms. The molecule has 0 saturated carbocycles. The number of thiophene rings is 1. The van der Waals surface area contributed by atoms with E-state index < -0.39 is 11.9 Å². The van der Waals surface area contributed by atoms with Gasteiger partial charge >= 0.3 is 6.18 Å². The number of carbonyl (C=O) groups excluding carboxylic acids is 1. The highest BCUT2D eigenvalue weighted by molar-refractivity contribution is 7.10. The number of piperidine rings is 1. The summed E-state index contributed by atoms with van der Waals surface area (Å²) in [5.41, 5.74) is 0.295. The third-order valence-electron chi connectivity index (χ3n) is 5.23. The second-order valence-electron chi connectivity index (χ2n) is 6.90. The summed E-state index contributed by atoms with van der Waals surface area (Å²) in [7, 11) is 0. The van der Waals surface area contributed by atoms with Crippen molar-refractivity contribution in [3.8, 4) is 0 Å². The summed E-state index contributed by atoms with van der Waals surface area (Å²) in [6, 6.07) is 3.06. The Morgan fingerprint density at radius 2 is 1.96 bits per heavy atom. The number of aromatic nitrogens is 2. The van der Waals surface area contributed by atoms with Crippen molar-refractivity contribution in [2.75, 3.05) is 24.5 Å². The number of hydrogen-bond donors (Lipinski definition) is 0. The van der Waals surface area contributed by atoms with Gasteiger partial charge in [-0.3, -0.25) is 4.79 Å². The molecule has 5 nitrogen and oxygen atoms in total.